The number of hydrogen-bond acceptors (Lipinski definition) is 5. The lowest BCUT2D eigenvalue weighted by atomic mass is 10.0. The molecule has 4 aromatic rings. The van der Waals surface area contributed by atoms with Crippen molar-refractivity contribution in [3.05, 3.63) is 72.2 Å². The third-order valence-electron chi connectivity index (χ3n) is 6.48. The first-order valence-electron chi connectivity index (χ1n) is 11.8. The molecule has 2 amide bonds. The molecule has 2 aromatic heterocycles. The molecule has 192 valence electrons. The van der Waals surface area contributed by atoms with Gasteiger partial charge >= 0.3 is 12.2 Å². The number of carbonyl (C=O) groups excluding carboxylic acids is 1. The van der Waals surface area contributed by atoms with Crippen molar-refractivity contribution in [2.24, 2.45) is 0 Å². The van der Waals surface area contributed by atoms with Gasteiger partial charge in [-0.2, -0.15) is 18.3 Å². The molecule has 11 heteroatoms. The summed E-state index contributed by atoms with van der Waals surface area (Å²) in [6.45, 7) is 3.27. The Morgan fingerprint density at radius 3 is 2.41 bits per heavy atom. The van der Waals surface area contributed by atoms with E-state index in [2.05, 4.69) is 30.7 Å². The molecule has 1 saturated heterocycles. The quantitative estimate of drug-likeness (QED) is 0.351. The summed E-state index contributed by atoms with van der Waals surface area (Å²) in [7, 11) is 2.00. The van der Waals surface area contributed by atoms with Gasteiger partial charge < -0.3 is 15.5 Å². The molecule has 0 bridgehead atoms. The molecule has 1 aliphatic rings. The van der Waals surface area contributed by atoms with Crippen LogP contribution in [0.2, 0.25) is 0 Å². The molecule has 5 rings (SSSR count). The summed E-state index contributed by atoms with van der Waals surface area (Å²) in [6, 6.07) is 10.4. The minimum atomic E-state index is -4.53. The lowest BCUT2D eigenvalue weighted by Crippen LogP contribution is -2.44. The number of anilines is 2. The number of nitrogens with zero attached hydrogens (tertiary/aromatic N) is 4. The summed E-state index contributed by atoms with van der Waals surface area (Å²) >= 11 is 0. The van der Waals surface area contributed by atoms with Crippen molar-refractivity contribution < 1.29 is 18.0 Å². The molecule has 1 fully saturated rings. The van der Waals surface area contributed by atoms with Crippen LogP contribution in [0, 0.1) is 0 Å². The Kier molecular flexibility index (Phi) is 6.81. The second kappa shape index (κ2) is 10.2. The zero-order chi connectivity index (χ0) is 26.0. The third-order valence-corrected chi connectivity index (χ3v) is 6.48. The minimum absolute atomic E-state index is 0.0706. The maximum absolute atomic E-state index is 13.8. The third kappa shape index (κ3) is 5.73. The average molecular weight is 510 g/mol. The molecule has 0 spiro atoms. The first kappa shape index (κ1) is 24.7. The van der Waals surface area contributed by atoms with Gasteiger partial charge in [-0.15, -0.1) is 0 Å². The molecular formula is C26H26F3N7O. The number of pyridine rings is 1. The van der Waals surface area contributed by atoms with Crippen LogP contribution in [-0.4, -0.2) is 64.2 Å². The molecule has 0 radical (unpaired) electrons. The summed E-state index contributed by atoms with van der Waals surface area (Å²) in [6.07, 6.45) is 0.615. The van der Waals surface area contributed by atoms with Crippen molar-refractivity contribution in [1.82, 2.24) is 25.0 Å². The Morgan fingerprint density at radius 2 is 1.68 bits per heavy atom. The van der Waals surface area contributed by atoms with Crippen molar-refractivity contribution in [2.75, 3.05) is 43.9 Å². The van der Waals surface area contributed by atoms with Crippen molar-refractivity contribution >= 4 is 28.3 Å². The second-order valence-corrected chi connectivity index (χ2v) is 9.12. The molecule has 2 aromatic carbocycles. The van der Waals surface area contributed by atoms with Gasteiger partial charge in [0.15, 0.2) is 0 Å². The Labute approximate surface area is 211 Å². The van der Waals surface area contributed by atoms with E-state index >= 15 is 0 Å². The van der Waals surface area contributed by atoms with E-state index in [4.69, 9.17) is 0 Å². The van der Waals surface area contributed by atoms with Crippen molar-refractivity contribution in [3.63, 3.8) is 0 Å². The largest absolute Gasteiger partial charge is 0.416 e. The minimum Gasteiger partial charge on any atom is -0.308 e. The maximum atomic E-state index is 13.8. The average Bonchev–Trinajstić information content (AvgIpc) is 3.35. The van der Waals surface area contributed by atoms with Gasteiger partial charge in [-0.3, -0.25) is 15.0 Å². The fraction of sp³-hybridized carbons (Fsp3) is 0.269. The van der Waals surface area contributed by atoms with Crippen LogP contribution in [0.5, 0.6) is 0 Å². The van der Waals surface area contributed by atoms with Crippen molar-refractivity contribution in [1.29, 1.82) is 0 Å². The van der Waals surface area contributed by atoms with Crippen LogP contribution in [0.25, 0.3) is 22.0 Å². The van der Waals surface area contributed by atoms with Crippen LogP contribution >= 0.6 is 0 Å². The van der Waals surface area contributed by atoms with Crippen LogP contribution in [0.3, 0.4) is 0 Å². The van der Waals surface area contributed by atoms with Crippen LogP contribution in [0.15, 0.2) is 61.1 Å². The van der Waals surface area contributed by atoms with E-state index in [1.165, 1.54) is 12.1 Å². The number of halogens is 3. The SMILES string of the molecule is CN1CCN(Cc2ccc(NC(=O)Nc3ccc(-c4cncc5[nH]ncc45)cc3)cc2C(F)(F)F)CC1. The van der Waals surface area contributed by atoms with Crippen LogP contribution < -0.4 is 10.6 Å². The number of fused-ring (bicyclic) bond motifs is 1. The highest BCUT2D eigenvalue weighted by Gasteiger charge is 2.34. The molecule has 8 nitrogen and oxygen atoms in total. The standard InChI is InChI=1S/C26H26F3N7O/c1-35-8-10-36(11-9-35)16-18-4-7-20(12-23(18)26(27,28)29)33-25(37)32-19-5-2-17(3-6-19)21-13-30-15-24-22(21)14-31-34-24/h2-7,12-15H,8-11,16H2,1H3,(H,31,34)(H2,32,33,37). The zero-order valence-corrected chi connectivity index (χ0v) is 20.1. The molecule has 0 aliphatic carbocycles. The van der Waals surface area contributed by atoms with Crippen LogP contribution in [0.1, 0.15) is 11.1 Å². The maximum Gasteiger partial charge on any atom is 0.416 e. The number of benzene rings is 2. The fourth-order valence-electron chi connectivity index (χ4n) is 4.42. The lowest BCUT2D eigenvalue weighted by molar-refractivity contribution is -0.138. The predicted molar refractivity (Wildman–Crippen MR) is 136 cm³/mol. The molecule has 0 saturated carbocycles. The highest BCUT2D eigenvalue weighted by Crippen LogP contribution is 2.35. The fourth-order valence-corrected chi connectivity index (χ4v) is 4.42. The van der Waals surface area contributed by atoms with Gasteiger partial charge in [0.25, 0.3) is 0 Å². The summed E-state index contributed by atoms with van der Waals surface area (Å²) in [4.78, 5) is 20.9. The van der Waals surface area contributed by atoms with E-state index in [0.717, 1.165) is 41.2 Å². The number of hydrogen-bond donors (Lipinski definition) is 3. The molecule has 3 heterocycles. The molecule has 3 N–H and O–H groups in total. The van der Waals surface area contributed by atoms with Gasteiger partial charge in [-0.25, -0.2) is 4.79 Å². The van der Waals surface area contributed by atoms with Crippen LogP contribution in [0.4, 0.5) is 29.3 Å². The monoisotopic (exact) mass is 509 g/mol. The Balaban J connectivity index is 1.26. The Bertz CT molecular complexity index is 1390. The first-order chi connectivity index (χ1) is 17.8. The van der Waals surface area contributed by atoms with E-state index in [1.54, 1.807) is 30.7 Å². The van der Waals surface area contributed by atoms with Gasteiger partial charge in [-0.05, 0) is 42.4 Å². The summed E-state index contributed by atoms with van der Waals surface area (Å²) in [5.41, 5.74) is 2.61. The van der Waals surface area contributed by atoms with Gasteiger partial charge in [0, 0.05) is 61.2 Å². The number of aromatic nitrogens is 3. The van der Waals surface area contributed by atoms with Crippen molar-refractivity contribution in [2.45, 2.75) is 12.7 Å². The summed E-state index contributed by atoms with van der Waals surface area (Å²) < 4.78 is 41.5. The molecular weight excluding hydrogens is 483 g/mol. The number of H-pyrrole nitrogens is 1. The van der Waals surface area contributed by atoms with E-state index < -0.39 is 17.8 Å². The number of piperazine rings is 1. The highest BCUT2D eigenvalue weighted by atomic mass is 19.4. The summed E-state index contributed by atoms with van der Waals surface area (Å²) in [5.74, 6) is 0. The topological polar surface area (TPSA) is 89.2 Å². The number of likely N-dealkylation sites (N-methyl/N-ethyl adjacent to an activating group) is 1. The Morgan fingerprint density at radius 1 is 0.973 bits per heavy atom. The molecule has 1 aliphatic heterocycles. The summed E-state index contributed by atoms with van der Waals surface area (Å²) in [5, 5.41) is 13.0. The lowest BCUT2D eigenvalue weighted by Gasteiger charge is -2.33. The number of carbonyl (C=O) groups is 1. The van der Waals surface area contributed by atoms with E-state index in [-0.39, 0.29) is 17.8 Å². The smallest absolute Gasteiger partial charge is 0.308 e. The molecule has 0 unspecified atom stereocenters. The van der Waals surface area contributed by atoms with Crippen molar-refractivity contribution in [3.8, 4) is 11.1 Å². The van der Waals surface area contributed by atoms with E-state index in [0.29, 0.717) is 18.8 Å². The number of alkyl halides is 3. The first-order valence-corrected chi connectivity index (χ1v) is 11.8. The number of urea groups is 1. The van der Waals surface area contributed by atoms with Gasteiger partial charge in [0.1, 0.15) is 0 Å². The van der Waals surface area contributed by atoms with Crippen LogP contribution in [-0.2, 0) is 12.7 Å². The second-order valence-electron chi connectivity index (χ2n) is 9.12. The predicted octanol–water partition coefficient (Wildman–Crippen LogP) is 5.04. The number of amides is 2. The van der Waals surface area contributed by atoms with E-state index in [1.807, 2.05) is 24.1 Å². The zero-order valence-electron chi connectivity index (χ0n) is 20.1. The van der Waals surface area contributed by atoms with E-state index in [9.17, 15) is 18.0 Å². The van der Waals surface area contributed by atoms with Gasteiger partial charge in [0.05, 0.1) is 23.5 Å². The van der Waals surface area contributed by atoms with Gasteiger partial charge in [0.2, 0.25) is 0 Å². The number of aromatic amines is 1. The highest BCUT2D eigenvalue weighted by molar-refractivity contribution is 6.00. The Hall–Kier alpha value is -3.96. The normalized spacial score (nSPS) is 15.1. The number of rotatable bonds is 5. The number of nitrogens with one attached hydrogen (secondary N) is 3. The molecule has 37 heavy (non-hydrogen) atoms. The molecule has 0 atom stereocenters. The van der Waals surface area contributed by atoms with Gasteiger partial charge in [-0.1, -0.05) is 18.2 Å².